The molecule has 1 aromatic heterocycles. The molecule has 0 saturated heterocycles. The molecule has 6 heteroatoms. The molecule has 0 aliphatic heterocycles. The van der Waals surface area contributed by atoms with Crippen molar-refractivity contribution in [1.82, 2.24) is 15.2 Å². The minimum Gasteiger partial charge on any atom is -0.465 e. The van der Waals surface area contributed by atoms with Crippen LogP contribution in [0.5, 0.6) is 0 Å². The van der Waals surface area contributed by atoms with Gasteiger partial charge in [-0.3, -0.25) is 9.89 Å². The summed E-state index contributed by atoms with van der Waals surface area (Å²) in [6, 6.07) is 0. The minimum absolute atomic E-state index is 0.0181. The predicted octanol–water partition coefficient (Wildman–Crippen LogP) is 2.15. The van der Waals surface area contributed by atoms with Crippen molar-refractivity contribution >= 4 is 17.7 Å². The number of nitrogens with one attached hydrogen (secondary N) is 1. The number of carbonyl (C=O) groups excluding carboxylic acids is 1. The highest BCUT2D eigenvalue weighted by Gasteiger charge is 2.22. The maximum absolute atomic E-state index is 11.2. The van der Waals surface area contributed by atoms with Crippen molar-refractivity contribution < 1.29 is 9.53 Å². The summed E-state index contributed by atoms with van der Waals surface area (Å²) in [6.07, 6.45) is 0.976. The van der Waals surface area contributed by atoms with Crippen LogP contribution in [0.25, 0.3) is 0 Å². The third-order valence-electron chi connectivity index (χ3n) is 2.61. The molecule has 1 aromatic rings. The Kier molecular flexibility index (Phi) is 4.99. The van der Waals surface area contributed by atoms with E-state index in [4.69, 9.17) is 4.74 Å². The SMILES string of the molecule is CCOC(=O)CSc1n[nH]c(C(C)(C)CC)n1. The van der Waals surface area contributed by atoms with E-state index in [0.717, 1.165) is 12.2 Å². The number of rotatable bonds is 6. The maximum Gasteiger partial charge on any atom is 0.316 e. The van der Waals surface area contributed by atoms with Crippen LogP contribution in [0.1, 0.15) is 39.9 Å². The fraction of sp³-hybridized carbons (Fsp3) is 0.727. The molecule has 0 aliphatic rings. The molecule has 0 atom stereocenters. The van der Waals surface area contributed by atoms with Crippen molar-refractivity contribution in [2.45, 2.75) is 44.7 Å². The third kappa shape index (κ3) is 4.03. The summed E-state index contributed by atoms with van der Waals surface area (Å²) in [7, 11) is 0. The monoisotopic (exact) mass is 257 g/mol. The Balaban J connectivity index is 2.54. The lowest BCUT2D eigenvalue weighted by Crippen LogP contribution is -2.17. The number of aromatic amines is 1. The number of H-pyrrole nitrogens is 1. The van der Waals surface area contributed by atoms with Crippen molar-refractivity contribution in [2.24, 2.45) is 0 Å². The molecule has 1 heterocycles. The largest absolute Gasteiger partial charge is 0.465 e. The van der Waals surface area contributed by atoms with Crippen molar-refractivity contribution in [2.75, 3.05) is 12.4 Å². The second-order valence-electron chi connectivity index (χ2n) is 4.30. The number of ether oxygens (including phenoxy) is 1. The standard InChI is InChI=1S/C11H19N3O2S/c1-5-11(3,4)9-12-10(14-13-9)17-7-8(15)16-6-2/h5-7H2,1-4H3,(H,12,13,14). The number of carbonyl (C=O) groups is 1. The number of esters is 1. The first kappa shape index (κ1) is 14.0. The van der Waals surface area contributed by atoms with Crippen LogP contribution >= 0.6 is 11.8 Å². The first-order valence-corrected chi connectivity index (χ1v) is 6.69. The van der Waals surface area contributed by atoms with Crippen LogP contribution in [0.2, 0.25) is 0 Å². The van der Waals surface area contributed by atoms with Gasteiger partial charge in [-0.1, -0.05) is 32.5 Å². The highest BCUT2D eigenvalue weighted by atomic mass is 32.2. The average Bonchev–Trinajstić information content (AvgIpc) is 2.76. The first-order chi connectivity index (χ1) is 7.99. The van der Waals surface area contributed by atoms with Crippen molar-refractivity contribution in [3.8, 4) is 0 Å². The molecule has 96 valence electrons. The molecule has 0 saturated carbocycles. The van der Waals surface area contributed by atoms with E-state index in [1.807, 2.05) is 0 Å². The Morgan fingerprint density at radius 1 is 1.47 bits per heavy atom. The van der Waals surface area contributed by atoms with Gasteiger partial charge in [0.15, 0.2) is 0 Å². The molecule has 0 unspecified atom stereocenters. The maximum atomic E-state index is 11.2. The molecule has 5 nitrogen and oxygen atoms in total. The van der Waals surface area contributed by atoms with E-state index in [1.54, 1.807) is 6.92 Å². The van der Waals surface area contributed by atoms with E-state index in [-0.39, 0.29) is 17.1 Å². The van der Waals surface area contributed by atoms with Gasteiger partial charge in [-0.2, -0.15) is 0 Å². The van der Waals surface area contributed by atoms with Crippen LogP contribution in [-0.2, 0) is 14.9 Å². The van der Waals surface area contributed by atoms with Gasteiger partial charge in [0, 0.05) is 5.41 Å². The van der Waals surface area contributed by atoms with Crippen LogP contribution in [0.3, 0.4) is 0 Å². The summed E-state index contributed by atoms with van der Waals surface area (Å²) < 4.78 is 4.83. The topological polar surface area (TPSA) is 67.9 Å². The van der Waals surface area contributed by atoms with E-state index >= 15 is 0 Å². The summed E-state index contributed by atoms with van der Waals surface area (Å²) in [6.45, 7) is 8.51. The Hall–Kier alpha value is -1.04. The van der Waals surface area contributed by atoms with Gasteiger partial charge < -0.3 is 4.74 Å². The van der Waals surface area contributed by atoms with Gasteiger partial charge >= 0.3 is 5.97 Å². The number of thioether (sulfide) groups is 1. The van der Waals surface area contributed by atoms with Crippen LogP contribution < -0.4 is 0 Å². The number of hydrogen-bond acceptors (Lipinski definition) is 5. The quantitative estimate of drug-likeness (QED) is 0.624. The van der Waals surface area contributed by atoms with Gasteiger partial charge in [-0.25, -0.2) is 4.98 Å². The summed E-state index contributed by atoms with van der Waals surface area (Å²) >= 11 is 1.29. The molecular formula is C11H19N3O2S. The molecule has 0 aromatic carbocycles. The fourth-order valence-electron chi connectivity index (χ4n) is 1.11. The Bertz CT molecular complexity index is 377. The van der Waals surface area contributed by atoms with Crippen molar-refractivity contribution in [3.63, 3.8) is 0 Å². The third-order valence-corrected chi connectivity index (χ3v) is 3.44. The minimum atomic E-state index is -0.237. The van der Waals surface area contributed by atoms with Crippen molar-refractivity contribution in [3.05, 3.63) is 5.82 Å². The second kappa shape index (κ2) is 6.05. The normalized spacial score (nSPS) is 11.5. The average molecular weight is 257 g/mol. The molecule has 0 aliphatic carbocycles. The fourth-order valence-corrected chi connectivity index (χ4v) is 1.70. The van der Waals surface area contributed by atoms with E-state index < -0.39 is 0 Å². The van der Waals surface area contributed by atoms with Gasteiger partial charge in [0.1, 0.15) is 5.82 Å². The second-order valence-corrected chi connectivity index (χ2v) is 5.24. The highest BCUT2D eigenvalue weighted by Crippen LogP contribution is 2.24. The number of nitrogens with zero attached hydrogens (tertiary/aromatic N) is 2. The van der Waals surface area contributed by atoms with Gasteiger partial charge in [0.25, 0.3) is 0 Å². The van der Waals surface area contributed by atoms with E-state index in [2.05, 4.69) is 36.0 Å². The number of aromatic nitrogens is 3. The zero-order valence-electron chi connectivity index (χ0n) is 10.7. The van der Waals surface area contributed by atoms with E-state index in [1.165, 1.54) is 11.8 Å². The molecule has 0 fully saturated rings. The molecule has 1 N–H and O–H groups in total. The van der Waals surface area contributed by atoms with Gasteiger partial charge in [-0.05, 0) is 13.3 Å². The molecule has 0 radical (unpaired) electrons. The summed E-state index contributed by atoms with van der Waals surface area (Å²) in [5.74, 6) is 0.863. The zero-order valence-corrected chi connectivity index (χ0v) is 11.6. The zero-order chi connectivity index (χ0) is 12.9. The summed E-state index contributed by atoms with van der Waals surface area (Å²) in [5.41, 5.74) is -0.0181. The van der Waals surface area contributed by atoms with Crippen LogP contribution in [-0.4, -0.2) is 33.5 Å². The van der Waals surface area contributed by atoms with E-state index in [9.17, 15) is 4.79 Å². The van der Waals surface area contributed by atoms with E-state index in [0.29, 0.717) is 11.8 Å². The molecule has 0 spiro atoms. The molecule has 0 bridgehead atoms. The van der Waals surface area contributed by atoms with Crippen LogP contribution in [0, 0.1) is 0 Å². The van der Waals surface area contributed by atoms with Crippen LogP contribution in [0.4, 0.5) is 0 Å². The van der Waals surface area contributed by atoms with Gasteiger partial charge in [-0.15, -0.1) is 5.10 Å². The first-order valence-electron chi connectivity index (χ1n) is 5.71. The molecule has 1 rings (SSSR count). The Morgan fingerprint density at radius 3 is 2.76 bits per heavy atom. The lowest BCUT2D eigenvalue weighted by atomic mass is 9.90. The molecule has 0 amide bonds. The predicted molar refractivity (Wildman–Crippen MR) is 67.1 cm³/mol. The van der Waals surface area contributed by atoms with Gasteiger partial charge in [0.2, 0.25) is 5.16 Å². The Labute approximate surface area is 106 Å². The molecular weight excluding hydrogens is 238 g/mol. The highest BCUT2D eigenvalue weighted by molar-refractivity contribution is 7.99. The lowest BCUT2D eigenvalue weighted by molar-refractivity contribution is -0.139. The summed E-state index contributed by atoms with van der Waals surface area (Å²) in [5, 5.41) is 7.59. The Morgan fingerprint density at radius 2 is 2.18 bits per heavy atom. The lowest BCUT2D eigenvalue weighted by Gasteiger charge is -2.18. The van der Waals surface area contributed by atoms with Gasteiger partial charge in [0.05, 0.1) is 12.4 Å². The van der Waals surface area contributed by atoms with Crippen molar-refractivity contribution in [1.29, 1.82) is 0 Å². The number of hydrogen-bond donors (Lipinski definition) is 1. The smallest absolute Gasteiger partial charge is 0.316 e. The van der Waals surface area contributed by atoms with Crippen LogP contribution in [0.15, 0.2) is 5.16 Å². The molecule has 17 heavy (non-hydrogen) atoms. The summed E-state index contributed by atoms with van der Waals surface area (Å²) in [4.78, 5) is 15.5.